The number of hydrogen-bond acceptors (Lipinski definition) is 4. The van der Waals surface area contributed by atoms with Gasteiger partial charge in [-0.05, 0) is 35.4 Å². The monoisotopic (exact) mass is 316 g/mol. The summed E-state index contributed by atoms with van der Waals surface area (Å²) in [4.78, 5) is 12.7. The molecule has 0 aromatic carbocycles. The third-order valence-electron chi connectivity index (χ3n) is 2.53. The highest BCUT2D eigenvalue weighted by Gasteiger charge is 2.20. The normalized spacial score (nSPS) is 21.3. The van der Waals surface area contributed by atoms with E-state index in [1.54, 1.807) is 12.7 Å². The van der Waals surface area contributed by atoms with Crippen LogP contribution in [-0.4, -0.2) is 26.1 Å². The summed E-state index contributed by atoms with van der Waals surface area (Å²) in [5.41, 5.74) is 1.72. The molecule has 0 amide bonds. The molecule has 3 heterocycles. The number of nitrogens with zero attached hydrogens (tertiary/aromatic N) is 4. The summed E-state index contributed by atoms with van der Waals surface area (Å²) in [6.45, 7) is 0.826. The number of hydrogen-bond donors (Lipinski definition) is 0. The van der Waals surface area contributed by atoms with Gasteiger partial charge in [-0.1, -0.05) is 0 Å². The van der Waals surface area contributed by atoms with Crippen molar-refractivity contribution in [2.45, 2.75) is 19.1 Å². The maximum absolute atomic E-state index is 5.61. The molecule has 1 atom stereocenters. The Balaban J connectivity index is 2.15. The number of halogens is 1. The summed E-state index contributed by atoms with van der Waals surface area (Å²) >= 11 is 2.17. The molecule has 78 valence electrons. The van der Waals surface area contributed by atoms with Crippen molar-refractivity contribution >= 4 is 33.8 Å². The molecule has 5 nitrogen and oxygen atoms in total. The Hall–Kier alpha value is -0.760. The van der Waals surface area contributed by atoms with Crippen LogP contribution in [0.2, 0.25) is 0 Å². The second-order valence-electron chi connectivity index (χ2n) is 3.46. The maximum Gasteiger partial charge on any atom is 0.166 e. The molecule has 0 N–H and O–H groups in total. The summed E-state index contributed by atoms with van der Waals surface area (Å²) in [6, 6.07) is 0. The van der Waals surface area contributed by atoms with Gasteiger partial charge < -0.3 is 4.74 Å². The third-order valence-corrected chi connectivity index (χ3v) is 3.32. The number of rotatable bonds is 1. The Morgan fingerprint density at radius 2 is 2.33 bits per heavy atom. The van der Waals surface area contributed by atoms with E-state index in [4.69, 9.17) is 4.74 Å². The molecular weight excluding hydrogens is 307 g/mol. The van der Waals surface area contributed by atoms with E-state index in [-0.39, 0.29) is 6.23 Å². The van der Waals surface area contributed by atoms with Crippen molar-refractivity contribution in [3.05, 3.63) is 16.4 Å². The Kier molecular flexibility index (Phi) is 2.32. The Morgan fingerprint density at radius 1 is 1.40 bits per heavy atom. The molecule has 3 rings (SSSR count). The molecule has 2 aromatic rings. The first-order valence-electron chi connectivity index (χ1n) is 4.81. The third kappa shape index (κ3) is 1.51. The van der Waals surface area contributed by atoms with Crippen molar-refractivity contribution in [1.29, 1.82) is 0 Å². The van der Waals surface area contributed by atoms with Crippen LogP contribution in [0.3, 0.4) is 0 Å². The van der Waals surface area contributed by atoms with Crippen molar-refractivity contribution in [1.82, 2.24) is 19.5 Å². The van der Waals surface area contributed by atoms with Gasteiger partial charge in [0.15, 0.2) is 5.65 Å². The molecular formula is C9H9IN4O. The van der Waals surface area contributed by atoms with Gasteiger partial charge in [0.05, 0.1) is 6.33 Å². The van der Waals surface area contributed by atoms with E-state index in [9.17, 15) is 0 Å². The number of ether oxygens (including phenoxy) is 1. The van der Waals surface area contributed by atoms with Gasteiger partial charge in [-0.15, -0.1) is 0 Å². The molecule has 6 heteroatoms. The van der Waals surface area contributed by atoms with E-state index in [0.29, 0.717) is 0 Å². The first-order chi connectivity index (χ1) is 7.36. The van der Waals surface area contributed by atoms with E-state index in [2.05, 4.69) is 37.5 Å². The second kappa shape index (κ2) is 3.67. The van der Waals surface area contributed by atoms with Gasteiger partial charge in [0.25, 0.3) is 0 Å². The first-order valence-corrected chi connectivity index (χ1v) is 5.89. The largest absolute Gasteiger partial charge is 0.358 e. The molecule has 0 unspecified atom stereocenters. The second-order valence-corrected chi connectivity index (χ2v) is 4.48. The molecule has 0 bridgehead atoms. The van der Waals surface area contributed by atoms with Gasteiger partial charge in [0.1, 0.15) is 21.8 Å². The van der Waals surface area contributed by atoms with Crippen molar-refractivity contribution in [3.8, 4) is 0 Å². The van der Waals surface area contributed by atoms with E-state index in [1.165, 1.54) is 0 Å². The average molecular weight is 316 g/mol. The molecule has 0 aliphatic carbocycles. The van der Waals surface area contributed by atoms with Gasteiger partial charge in [-0.3, -0.25) is 4.57 Å². The molecule has 2 aromatic heterocycles. The van der Waals surface area contributed by atoms with Gasteiger partial charge in [0, 0.05) is 6.61 Å². The molecule has 0 spiro atoms. The summed E-state index contributed by atoms with van der Waals surface area (Å²) in [6.07, 6.45) is 5.59. The van der Waals surface area contributed by atoms with Crippen LogP contribution >= 0.6 is 22.6 Å². The topological polar surface area (TPSA) is 52.8 Å². The van der Waals surface area contributed by atoms with Crippen LogP contribution in [0.25, 0.3) is 11.2 Å². The average Bonchev–Trinajstić information content (AvgIpc) is 2.85. The molecule has 1 saturated heterocycles. The zero-order chi connectivity index (χ0) is 10.3. The van der Waals surface area contributed by atoms with E-state index in [0.717, 1.165) is 34.3 Å². The van der Waals surface area contributed by atoms with Crippen molar-refractivity contribution in [2.75, 3.05) is 6.61 Å². The van der Waals surface area contributed by atoms with E-state index < -0.39 is 0 Å². The molecule has 15 heavy (non-hydrogen) atoms. The summed E-state index contributed by atoms with van der Waals surface area (Å²) < 4.78 is 8.48. The van der Waals surface area contributed by atoms with Crippen molar-refractivity contribution in [2.24, 2.45) is 0 Å². The van der Waals surface area contributed by atoms with Gasteiger partial charge in [-0.25, -0.2) is 15.0 Å². The summed E-state index contributed by atoms with van der Waals surface area (Å²) in [7, 11) is 0. The lowest BCUT2D eigenvalue weighted by molar-refractivity contribution is 0.0593. The first kappa shape index (κ1) is 9.46. The number of imidazole rings is 1. The Morgan fingerprint density at radius 3 is 3.13 bits per heavy atom. The molecule has 1 aliphatic rings. The summed E-state index contributed by atoms with van der Waals surface area (Å²) in [5.74, 6) is 0. The van der Waals surface area contributed by atoms with E-state index >= 15 is 0 Å². The quantitative estimate of drug-likeness (QED) is 0.594. The lowest BCUT2D eigenvalue weighted by Crippen LogP contribution is -2.06. The van der Waals surface area contributed by atoms with Crippen LogP contribution in [0.4, 0.5) is 0 Å². The standard InChI is InChI=1S/C9H9IN4O/c10-8-7-9(12-4-11-8)14(5-13-7)6-2-1-3-15-6/h4-6H,1-3H2/t6-/m0/s1. The van der Waals surface area contributed by atoms with Crippen molar-refractivity contribution in [3.63, 3.8) is 0 Å². The lowest BCUT2D eigenvalue weighted by atomic mass is 10.3. The van der Waals surface area contributed by atoms with Crippen LogP contribution in [0.5, 0.6) is 0 Å². The van der Waals surface area contributed by atoms with Crippen LogP contribution < -0.4 is 0 Å². The maximum atomic E-state index is 5.61. The highest BCUT2D eigenvalue weighted by atomic mass is 127. The fourth-order valence-corrected chi connectivity index (χ4v) is 2.32. The lowest BCUT2D eigenvalue weighted by Gasteiger charge is -2.10. The predicted octanol–water partition coefficient (Wildman–Crippen LogP) is 1.74. The molecule has 0 saturated carbocycles. The zero-order valence-corrected chi connectivity index (χ0v) is 10.1. The smallest absolute Gasteiger partial charge is 0.166 e. The van der Waals surface area contributed by atoms with Crippen LogP contribution in [0.15, 0.2) is 12.7 Å². The predicted molar refractivity (Wildman–Crippen MR) is 62.3 cm³/mol. The highest BCUT2D eigenvalue weighted by molar-refractivity contribution is 14.1. The fourth-order valence-electron chi connectivity index (χ4n) is 1.81. The minimum Gasteiger partial charge on any atom is -0.358 e. The Labute approximate surface area is 100 Å². The summed E-state index contributed by atoms with van der Waals surface area (Å²) in [5, 5.41) is 0. The number of fused-ring (bicyclic) bond motifs is 1. The molecule has 1 fully saturated rings. The van der Waals surface area contributed by atoms with Crippen LogP contribution in [-0.2, 0) is 4.74 Å². The van der Waals surface area contributed by atoms with Gasteiger partial charge >= 0.3 is 0 Å². The fraction of sp³-hybridized carbons (Fsp3) is 0.444. The van der Waals surface area contributed by atoms with E-state index in [1.807, 2.05) is 4.57 Å². The van der Waals surface area contributed by atoms with Crippen molar-refractivity contribution < 1.29 is 4.74 Å². The van der Waals surface area contributed by atoms with Gasteiger partial charge in [0.2, 0.25) is 0 Å². The van der Waals surface area contributed by atoms with Gasteiger partial charge in [-0.2, -0.15) is 0 Å². The van der Waals surface area contributed by atoms with Crippen LogP contribution in [0.1, 0.15) is 19.1 Å². The minimum absolute atomic E-state index is 0.0979. The molecule has 1 aliphatic heterocycles. The zero-order valence-electron chi connectivity index (χ0n) is 7.93. The molecule has 0 radical (unpaired) electrons. The highest BCUT2D eigenvalue weighted by Crippen LogP contribution is 2.26. The minimum atomic E-state index is 0.0979. The SMILES string of the molecule is Ic1ncnc2c1ncn2[C@@H]1CCCO1. The Bertz CT molecular complexity index is 492. The van der Waals surface area contributed by atoms with Crippen LogP contribution in [0, 0.1) is 3.70 Å². The number of aromatic nitrogens is 4.